The Morgan fingerprint density at radius 3 is 2.47 bits per heavy atom. The first-order valence-corrected chi connectivity index (χ1v) is 5.80. The van der Waals surface area contributed by atoms with Gasteiger partial charge in [-0.25, -0.2) is 5.43 Å². The summed E-state index contributed by atoms with van der Waals surface area (Å²) in [6, 6.07) is 12.9. The molecule has 17 heavy (non-hydrogen) atoms. The molecule has 3 heteroatoms. The van der Waals surface area contributed by atoms with Crippen molar-refractivity contribution >= 4 is 10.8 Å². The van der Waals surface area contributed by atoms with E-state index in [2.05, 4.69) is 48.7 Å². The maximum absolute atomic E-state index is 5.64. The van der Waals surface area contributed by atoms with Crippen LogP contribution in [0.4, 0.5) is 0 Å². The molecule has 0 radical (unpaired) electrons. The lowest BCUT2D eigenvalue weighted by Gasteiger charge is -2.41. The molecule has 2 aromatic carbocycles. The molecule has 0 bridgehead atoms. The third-order valence-corrected chi connectivity index (χ3v) is 3.52. The molecule has 3 rings (SSSR count). The monoisotopic (exact) mass is 228 g/mol. The fraction of sp³-hybridized carbons (Fsp3) is 0.286. The summed E-state index contributed by atoms with van der Waals surface area (Å²) < 4.78 is 5.27. The van der Waals surface area contributed by atoms with Gasteiger partial charge in [0.05, 0.1) is 13.2 Å². The summed E-state index contributed by atoms with van der Waals surface area (Å²) in [5.41, 5.74) is 5.17. The van der Waals surface area contributed by atoms with E-state index in [1.165, 1.54) is 21.9 Å². The first kappa shape index (κ1) is 10.7. The van der Waals surface area contributed by atoms with Crippen LogP contribution in [-0.2, 0) is 10.3 Å². The van der Waals surface area contributed by atoms with Crippen LogP contribution in [0, 0.1) is 6.92 Å². The first-order chi connectivity index (χ1) is 8.23. The van der Waals surface area contributed by atoms with E-state index < -0.39 is 0 Å². The van der Waals surface area contributed by atoms with Gasteiger partial charge in [0.1, 0.15) is 5.54 Å². The predicted octanol–water partition coefficient (Wildman–Crippen LogP) is 1.84. The van der Waals surface area contributed by atoms with E-state index in [1.807, 2.05) is 0 Å². The fourth-order valence-corrected chi connectivity index (χ4v) is 2.30. The van der Waals surface area contributed by atoms with Crippen LogP contribution in [0.25, 0.3) is 10.8 Å². The summed E-state index contributed by atoms with van der Waals surface area (Å²) in [4.78, 5) is 0. The molecule has 3 nitrogen and oxygen atoms in total. The molecule has 0 saturated carbocycles. The highest BCUT2D eigenvalue weighted by molar-refractivity contribution is 5.84. The standard InChI is InChI=1S/C14H16N2O/c1-10-2-3-12-7-13(5-4-11(12)6-10)14(16-15)8-17-9-14/h2-7,16H,8-9,15H2,1H3. The highest BCUT2D eigenvalue weighted by atomic mass is 16.5. The molecule has 0 atom stereocenters. The number of aryl methyl sites for hydroxylation is 1. The second-order valence-corrected chi connectivity index (χ2v) is 4.78. The number of rotatable bonds is 2. The summed E-state index contributed by atoms with van der Waals surface area (Å²) in [6.45, 7) is 3.39. The average Bonchev–Trinajstić information content (AvgIpc) is 2.28. The summed E-state index contributed by atoms with van der Waals surface area (Å²) in [7, 11) is 0. The molecule has 88 valence electrons. The Morgan fingerprint density at radius 2 is 1.82 bits per heavy atom. The number of fused-ring (bicyclic) bond motifs is 1. The molecule has 0 aliphatic carbocycles. The maximum atomic E-state index is 5.64. The third kappa shape index (κ3) is 1.63. The highest BCUT2D eigenvalue weighted by Crippen LogP contribution is 2.31. The van der Waals surface area contributed by atoms with Gasteiger partial charge in [0, 0.05) is 0 Å². The summed E-state index contributed by atoms with van der Waals surface area (Å²) >= 11 is 0. The van der Waals surface area contributed by atoms with Gasteiger partial charge in [-0.1, -0.05) is 35.9 Å². The van der Waals surface area contributed by atoms with Gasteiger partial charge in [-0.2, -0.15) is 0 Å². The van der Waals surface area contributed by atoms with Gasteiger partial charge in [-0.15, -0.1) is 0 Å². The zero-order valence-corrected chi connectivity index (χ0v) is 9.86. The molecule has 2 aromatic rings. The van der Waals surface area contributed by atoms with E-state index in [4.69, 9.17) is 10.6 Å². The van der Waals surface area contributed by atoms with Gasteiger partial charge in [0.15, 0.2) is 0 Å². The summed E-state index contributed by atoms with van der Waals surface area (Å²) in [5, 5.41) is 2.51. The van der Waals surface area contributed by atoms with Crippen LogP contribution >= 0.6 is 0 Å². The zero-order valence-electron chi connectivity index (χ0n) is 9.86. The van der Waals surface area contributed by atoms with E-state index in [0.717, 1.165) is 0 Å². The van der Waals surface area contributed by atoms with Crippen LogP contribution in [0.2, 0.25) is 0 Å². The largest absolute Gasteiger partial charge is 0.377 e. The maximum Gasteiger partial charge on any atom is 0.103 e. The number of hydrogen-bond acceptors (Lipinski definition) is 3. The Balaban J connectivity index is 2.10. The van der Waals surface area contributed by atoms with Gasteiger partial charge in [0.2, 0.25) is 0 Å². The number of nitrogens with two attached hydrogens (primary N) is 1. The Hall–Kier alpha value is -1.42. The van der Waals surface area contributed by atoms with Gasteiger partial charge in [-0.05, 0) is 29.3 Å². The van der Waals surface area contributed by atoms with Crippen LogP contribution in [0.15, 0.2) is 36.4 Å². The van der Waals surface area contributed by atoms with Crippen molar-refractivity contribution in [1.29, 1.82) is 0 Å². The van der Waals surface area contributed by atoms with Crippen LogP contribution in [-0.4, -0.2) is 13.2 Å². The minimum Gasteiger partial charge on any atom is -0.377 e. The van der Waals surface area contributed by atoms with Crippen molar-refractivity contribution in [2.24, 2.45) is 5.84 Å². The smallest absolute Gasteiger partial charge is 0.103 e. The molecule has 1 saturated heterocycles. The summed E-state index contributed by atoms with van der Waals surface area (Å²) in [5.74, 6) is 5.64. The van der Waals surface area contributed by atoms with Crippen LogP contribution < -0.4 is 11.3 Å². The molecule has 0 aromatic heterocycles. The number of nitrogens with one attached hydrogen (secondary N) is 1. The van der Waals surface area contributed by atoms with Crippen molar-refractivity contribution in [3.05, 3.63) is 47.5 Å². The van der Waals surface area contributed by atoms with Crippen LogP contribution in [0.3, 0.4) is 0 Å². The topological polar surface area (TPSA) is 47.3 Å². The Kier molecular flexibility index (Phi) is 2.40. The van der Waals surface area contributed by atoms with E-state index in [1.54, 1.807) is 0 Å². The lowest BCUT2D eigenvalue weighted by atomic mass is 9.87. The SMILES string of the molecule is Cc1ccc2cc(C3(NN)COC3)ccc2c1. The van der Waals surface area contributed by atoms with Gasteiger partial charge in [-0.3, -0.25) is 5.84 Å². The molecule has 0 spiro atoms. The fourth-order valence-electron chi connectivity index (χ4n) is 2.30. The molecular weight excluding hydrogens is 212 g/mol. The van der Waals surface area contributed by atoms with E-state index in [0.29, 0.717) is 13.2 Å². The Morgan fingerprint density at radius 1 is 1.12 bits per heavy atom. The Bertz CT molecular complexity index is 556. The lowest BCUT2D eigenvalue weighted by Crippen LogP contribution is -2.60. The first-order valence-electron chi connectivity index (χ1n) is 5.80. The van der Waals surface area contributed by atoms with Gasteiger partial charge < -0.3 is 4.74 Å². The highest BCUT2D eigenvalue weighted by Gasteiger charge is 2.39. The molecule has 1 heterocycles. The third-order valence-electron chi connectivity index (χ3n) is 3.52. The van der Waals surface area contributed by atoms with E-state index in [-0.39, 0.29) is 5.54 Å². The molecule has 1 aliphatic heterocycles. The number of benzene rings is 2. The molecular formula is C14H16N2O. The molecule has 1 fully saturated rings. The van der Waals surface area contributed by atoms with Gasteiger partial charge in [0.25, 0.3) is 0 Å². The minimum absolute atomic E-state index is 0.195. The summed E-state index contributed by atoms with van der Waals surface area (Å²) in [6.07, 6.45) is 0. The van der Waals surface area contributed by atoms with Crippen molar-refractivity contribution in [1.82, 2.24) is 5.43 Å². The predicted molar refractivity (Wildman–Crippen MR) is 68.5 cm³/mol. The van der Waals surface area contributed by atoms with Crippen molar-refractivity contribution in [2.45, 2.75) is 12.5 Å². The normalized spacial score (nSPS) is 18.0. The lowest BCUT2D eigenvalue weighted by molar-refractivity contribution is -0.0786. The Labute approximate surface area is 101 Å². The number of ether oxygens (including phenoxy) is 1. The van der Waals surface area contributed by atoms with Gasteiger partial charge >= 0.3 is 0 Å². The molecule has 3 N–H and O–H groups in total. The quantitative estimate of drug-likeness (QED) is 0.609. The van der Waals surface area contributed by atoms with Crippen molar-refractivity contribution < 1.29 is 4.74 Å². The van der Waals surface area contributed by atoms with E-state index >= 15 is 0 Å². The minimum atomic E-state index is -0.195. The zero-order chi connectivity index (χ0) is 11.9. The second-order valence-electron chi connectivity index (χ2n) is 4.78. The molecule has 0 amide bonds. The van der Waals surface area contributed by atoms with Crippen LogP contribution in [0.5, 0.6) is 0 Å². The molecule has 1 aliphatic rings. The second kappa shape index (κ2) is 3.81. The van der Waals surface area contributed by atoms with Crippen LogP contribution in [0.1, 0.15) is 11.1 Å². The van der Waals surface area contributed by atoms with Crippen molar-refractivity contribution in [3.8, 4) is 0 Å². The number of hydrazine groups is 1. The average molecular weight is 228 g/mol. The van der Waals surface area contributed by atoms with Crippen molar-refractivity contribution in [3.63, 3.8) is 0 Å². The number of hydrogen-bond donors (Lipinski definition) is 2. The van der Waals surface area contributed by atoms with Crippen molar-refractivity contribution in [2.75, 3.05) is 13.2 Å². The molecule has 0 unspecified atom stereocenters. The van der Waals surface area contributed by atoms with E-state index in [9.17, 15) is 0 Å².